The molecule has 0 radical (unpaired) electrons. The van der Waals surface area contributed by atoms with Crippen molar-refractivity contribution < 1.29 is 12.8 Å². The van der Waals surface area contributed by atoms with Crippen molar-refractivity contribution in [3.8, 4) is 0 Å². The van der Waals surface area contributed by atoms with Crippen LogP contribution in [0.25, 0.3) is 0 Å². The van der Waals surface area contributed by atoms with Crippen molar-refractivity contribution in [3.05, 3.63) is 47.2 Å². The predicted octanol–water partition coefficient (Wildman–Crippen LogP) is 2.19. The van der Waals surface area contributed by atoms with Crippen molar-refractivity contribution in [2.75, 3.05) is 14.1 Å². The Morgan fingerprint density at radius 3 is 2.29 bits per heavy atom. The summed E-state index contributed by atoms with van der Waals surface area (Å²) in [7, 11) is -0.208. The van der Waals surface area contributed by atoms with Gasteiger partial charge in [0, 0.05) is 26.7 Å². The summed E-state index contributed by atoms with van der Waals surface area (Å²) < 4.78 is 31.9. The molecule has 28 heavy (non-hydrogen) atoms. The summed E-state index contributed by atoms with van der Waals surface area (Å²) in [6.45, 7) is 8.39. The van der Waals surface area contributed by atoms with E-state index < -0.39 is 10.0 Å². The van der Waals surface area contributed by atoms with Crippen LogP contribution >= 0.6 is 0 Å². The topological polar surface area (TPSA) is 99.8 Å². The maximum atomic E-state index is 12.5. The van der Waals surface area contributed by atoms with Gasteiger partial charge >= 0.3 is 0 Å². The number of oxazole rings is 1. The number of aromatic nitrogens is 1. The van der Waals surface area contributed by atoms with Crippen LogP contribution in [-0.4, -0.2) is 43.8 Å². The molecule has 0 aliphatic rings. The Labute approximate surface area is 167 Å². The van der Waals surface area contributed by atoms with Gasteiger partial charge in [0.1, 0.15) is 5.76 Å². The first kappa shape index (κ1) is 21.9. The van der Waals surface area contributed by atoms with Crippen LogP contribution in [0.3, 0.4) is 0 Å². The second-order valence-corrected chi connectivity index (χ2v) is 8.78. The van der Waals surface area contributed by atoms with E-state index in [1.165, 1.54) is 4.31 Å². The SMILES string of the molecule is CN=C(NCc1ccc(S(=O)(=O)N(C)C(C)C)cc1)NCc1nc(C)c(C)o1. The molecule has 0 fully saturated rings. The fraction of sp³-hybridized carbons (Fsp3) is 0.474. The highest BCUT2D eigenvalue weighted by Gasteiger charge is 2.22. The van der Waals surface area contributed by atoms with Crippen LogP contribution in [0.15, 0.2) is 38.6 Å². The number of nitrogens with one attached hydrogen (secondary N) is 2. The highest BCUT2D eigenvalue weighted by molar-refractivity contribution is 7.89. The maximum absolute atomic E-state index is 12.5. The van der Waals surface area contributed by atoms with Crippen LogP contribution in [0.4, 0.5) is 0 Å². The summed E-state index contributed by atoms with van der Waals surface area (Å²) in [5.74, 6) is 2.00. The third-order valence-electron chi connectivity index (χ3n) is 4.49. The molecule has 2 N–H and O–H groups in total. The van der Waals surface area contributed by atoms with Crippen LogP contribution in [0, 0.1) is 13.8 Å². The number of hydrogen-bond donors (Lipinski definition) is 2. The lowest BCUT2D eigenvalue weighted by Crippen LogP contribution is -2.36. The molecule has 1 aromatic carbocycles. The van der Waals surface area contributed by atoms with Gasteiger partial charge in [0.25, 0.3) is 0 Å². The molecule has 1 heterocycles. The highest BCUT2D eigenvalue weighted by Crippen LogP contribution is 2.17. The van der Waals surface area contributed by atoms with Crippen molar-refractivity contribution in [1.82, 2.24) is 19.9 Å². The Hall–Kier alpha value is -2.39. The molecule has 0 atom stereocenters. The van der Waals surface area contributed by atoms with E-state index in [0.29, 0.717) is 24.9 Å². The standard InChI is InChI=1S/C19H29N5O3S/c1-13(2)24(6)28(25,26)17-9-7-16(8-10-17)11-21-19(20-5)22-12-18-23-14(3)15(4)27-18/h7-10,13H,11-12H2,1-6H3,(H2,20,21,22). The first-order chi connectivity index (χ1) is 13.1. The van der Waals surface area contributed by atoms with Crippen LogP contribution in [0.2, 0.25) is 0 Å². The monoisotopic (exact) mass is 407 g/mol. The molecule has 0 spiro atoms. The molecule has 9 heteroatoms. The Morgan fingerprint density at radius 2 is 1.79 bits per heavy atom. The van der Waals surface area contributed by atoms with E-state index in [4.69, 9.17) is 4.42 Å². The Morgan fingerprint density at radius 1 is 1.18 bits per heavy atom. The van der Waals surface area contributed by atoms with E-state index in [0.717, 1.165) is 17.0 Å². The Bertz CT molecular complexity index is 898. The minimum Gasteiger partial charge on any atom is -0.444 e. The molecule has 0 bridgehead atoms. The largest absolute Gasteiger partial charge is 0.444 e. The van der Waals surface area contributed by atoms with Gasteiger partial charge in [-0.25, -0.2) is 13.4 Å². The van der Waals surface area contributed by atoms with Gasteiger partial charge in [0.05, 0.1) is 17.1 Å². The Kier molecular flexibility index (Phi) is 7.20. The van der Waals surface area contributed by atoms with Gasteiger partial charge in [0.2, 0.25) is 15.9 Å². The molecule has 0 aliphatic heterocycles. The van der Waals surface area contributed by atoms with Crippen molar-refractivity contribution in [3.63, 3.8) is 0 Å². The van der Waals surface area contributed by atoms with E-state index in [1.54, 1.807) is 38.4 Å². The number of benzene rings is 1. The summed E-state index contributed by atoms with van der Waals surface area (Å²) in [6.07, 6.45) is 0. The molecule has 0 unspecified atom stereocenters. The van der Waals surface area contributed by atoms with Crippen LogP contribution in [0.5, 0.6) is 0 Å². The number of rotatable bonds is 7. The molecule has 0 aliphatic carbocycles. The van der Waals surface area contributed by atoms with Crippen LogP contribution < -0.4 is 10.6 Å². The molecule has 154 valence electrons. The zero-order valence-corrected chi connectivity index (χ0v) is 18.1. The molecular formula is C19H29N5O3S. The molecule has 1 aromatic heterocycles. The van der Waals surface area contributed by atoms with Crippen LogP contribution in [0.1, 0.15) is 36.8 Å². The molecule has 0 saturated carbocycles. The number of nitrogens with zero attached hydrogens (tertiary/aromatic N) is 3. The predicted molar refractivity (Wildman–Crippen MR) is 110 cm³/mol. The number of aliphatic imine (C=N–C) groups is 1. The molecule has 8 nitrogen and oxygen atoms in total. The van der Waals surface area contributed by atoms with Crippen molar-refractivity contribution in [2.24, 2.45) is 4.99 Å². The van der Waals surface area contributed by atoms with Crippen molar-refractivity contribution >= 4 is 16.0 Å². The smallest absolute Gasteiger partial charge is 0.243 e. The maximum Gasteiger partial charge on any atom is 0.243 e. The Balaban J connectivity index is 1.94. The summed E-state index contributed by atoms with van der Waals surface area (Å²) >= 11 is 0. The minimum absolute atomic E-state index is 0.100. The lowest BCUT2D eigenvalue weighted by Gasteiger charge is -2.21. The van der Waals surface area contributed by atoms with Gasteiger partial charge < -0.3 is 15.1 Å². The minimum atomic E-state index is -3.47. The quantitative estimate of drug-likeness (QED) is 0.539. The van der Waals surface area contributed by atoms with Gasteiger partial charge in [-0.2, -0.15) is 4.31 Å². The van der Waals surface area contributed by atoms with Gasteiger partial charge in [0.15, 0.2) is 5.96 Å². The fourth-order valence-corrected chi connectivity index (χ4v) is 3.77. The molecule has 0 amide bonds. The number of hydrogen-bond acceptors (Lipinski definition) is 5. The first-order valence-electron chi connectivity index (χ1n) is 9.09. The van der Waals surface area contributed by atoms with Gasteiger partial charge in [-0.05, 0) is 45.4 Å². The van der Waals surface area contributed by atoms with E-state index >= 15 is 0 Å². The third-order valence-corrected chi connectivity index (χ3v) is 6.54. The van der Waals surface area contributed by atoms with Crippen molar-refractivity contribution in [1.29, 1.82) is 0 Å². The molecule has 0 saturated heterocycles. The summed E-state index contributed by atoms with van der Waals surface area (Å²) in [5, 5.41) is 6.33. The molecule has 2 aromatic rings. The van der Waals surface area contributed by atoms with E-state index in [9.17, 15) is 8.42 Å². The number of guanidine groups is 1. The second-order valence-electron chi connectivity index (χ2n) is 6.79. The lowest BCUT2D eigenvalue weighted by atomic mass is 10.2. The summed E-state index contributed by atoms with van der Waals surface area (Å²) in [4.78, 5) is 8.77. The second kappa shape index (κ2) is 9.20. The van der Waals surface area contributed by atoms with E-state index in [-0.39, 0.29) is 10.9 Å². The molecule has 2 rings (SSSR count). The highest BCUT2D eigenvalue weighted by atomic mass is 32.2. The van der Waals surface area contributed by atoms with E-state index in [1.807, 2.05) is 27.7 Å². The van der Waals surface area contributed by atoms with Gasteiger partial charge in [-0.15, -0.1) is 0 Å². The number of sulfonamides is 1. The van der Waals surface area contributed by atoms with Gasteiger partial charge in [-0.3, -0.25) is 4.99 Å². The fourth-order valence-electron chi connectivity index (χ4n) is 2.40. The average molecular weight is 408 g/mol. The lowest BCUT2D eigenvalue weighted by molar-refractivity contribution is 0.410. The molecular weight excluding hydrogens is 378 g/mol. The summed E-state index contributed by atoms with van der Waals surface area (Å²) in [5.41, 5.74) is 1.81. The average Bonchev–Trinajstić information content (AvgIpc) is 2.99. The van der Waals surface area contributed by atoms with Crippen molar-refractivity contribution in [2.45, 2.75) is 51.7 Å². The first-order valence-corrected chi connectivity index (χ1v) is 10.5. The summed E-state index contributed by atoms with van der Waals surface area (Å²) in [6, 6.07) is 6.74. The zero-order valence-electron chi connectivity index (χ0n) is 17.3. The third kappa shape index (κ3) is 5.32. The van der Waals surface area contributed by atoms with E-state index in [2.05, 4.69) is 20.6 Å². The zero-order chi connectivity index (χ0) is 20.9. The van der Waals surface area contributed by atoms with Gasteiger partial charge in [-0.1, -0.05) is 12.1 Å². The van der Waals surface area contributed by atoms with Crippen LogP contribution in [-0.2, 0) is 23.1 Å². The number of aryl methyl sites for hydroxylation is 2. The normalized spacial score (nSPS) is 12.6.